The van der Waals surface area contributed by atoms with Gasteiger partial charge in [0, 0.05) is 29.6 Å². The first-order valence-corrected chi connectivity index (χ1v) is 6.11. The molecule has 0 amide bonds. The number of benzene rings is 1. The van der Waals surface area contributed by atoms with Gasteiger partial charge in [-0.25, -0.2) is 18.3 Å². The van der Waals surface area contributed by atoms with E-state index in [1.807, 2.05) is 0 Å². The molecule has 0 unspecified atom stereocenters. The first kappa shape index (κ1) is 12.7. The van der Waals surface area contributed by atoms with Gasteiger partial charge in [-0.15, -0.1) is 0 Å². The molecule has 4 nitrogen and oxygen atoms in total. The molecule has 3 rings (SSSR count). The van der Waals surface area contributed by atoms with Gasteiger partial charge in [-0.3, -0.25) is 0 Å². The molecule has 0 aliphatic heterocycles. The molecular formula is C14H12F2N4. The Morgan fingerprint density at radius 3 is 2.70 bits per heavy atom. The molecule has 0 saturated heterocycles. The third-order valence-electron chi connectivity index (χ3n) is 3.10. The number of nitrogens with zero attached hydrogens (tertiary/aromatic N) is 3. The highest BCUT2D eigenvalue weighted by Crippen LogP contribution is 2.27. The van der Waals surface area contributed by atoms with Crippen molar-refractivity contribution in [3.63, 3.8) is 0 Å². The molecule has 2 heterocycles. The number of hydrogen-bond acceptors (Lipinski definition) is 3. The molecule has 1 aromatic carbocycles. The predicted octanol–water partition coefficient (Wildman–Crippen LogP) is 2.69. The topological polar surface area (TPSA) is 56.2 Å². The fraction of sp³-hybridized carbons (Fsp3) is 0.143. The molecule has 2 N–H and O–H groups in total. The van der Waals surface area contributed by atoms with Crippen molar-refractivity contribution in [2.45, 2.75) is 13.0 Å². The summed E-state index contributed by atoms with van der Waals surface area (Å²) >= 11 is 0. The maximum atomic E-state index is 13.4. The summed E-state index contributed by atoms with van der Waals surface area (Å²) in [4.78, 5) is 4.14. The molecule has 0 fully saturated rings. The van der Waals surface area contributed by atoms with Crippen molar-refractivity contribution in [1.29, 1.82) is 0 Å². The first-order chi connectivity index (χ1) is 9.56. The highest BCUT2D eigenvalue weighted by atomic mass is 19.2. The summed E-state index contributed by atoms with van der Waals surface area (Å²) < 4.78 is 28.0. The zero-order valence-electron chi connectivity index (χ0n) is 10.7. The quantitative estimate of drug-likeness (QED) is 0.781. The van der Waals surface area contributed by atoms with E-state index >= 15 is 0 Å². The molecule has 102 valence electrons. The Morgan fingerprint density at radius 2 is 2.00 bits per heavy atom. The maximum Gasteiger partial charge on any atom is 0.159 e. The van der Waals surface area contributed by atoms with E-state index in [-0.39, 0.29) is 6.04 Å². The van der Waals surface area contributed by atoms with Crippen molar-refractivity contribution in [1.82, 2.24) is 14.6 Å². The Balaban J connectivity index is 2.26. The number of halogens is 2. The highest BCUT2D eigenvalue weighted by molar-refractivity contribution is 5.65. The van der Waals surface area contributed by atoms with E-state index in [4.69, 9.17) is 5.73 Å². The summed E-state index contributed by atoms with van der Waals surface area (Å²) in [5.74, 6) is -1.80. The largest absolute Gasteiger partial charge is 0.324 e. The number of nitrogens with two attached hydrogens (primary N) is 1. The van der Waals surface area contributed by atoms with Crippen LogP contribution < -0.4 is 5.73 Å². The summed E-state index contributed by atoms with van der Waals surface area (Å²) in [6, 6.07) is 5.18. The minimum absolute atomic E-state index is 0.299. The standard InChI is InChI=1S/C14H12F2N4/c1-8(17)10-7-13-18-4-5-20(13)19-14(10)9-2-3-11(15)12(16)6-9/h2-8H,17H2,1H3/t8-/m0/s1. The van der Waals surface area contributed by atoms with Crippen LogP contribution in [0.25, 0.3) is 16.9 Å². The van der Waals surface area contributed by atoms with Gasteiger partial charge < -0.3 is 5.73 Å². The van der Waals surface area contributed by atoms with Gasteiger partial charge in [0.15, 0.2) is 17.3 Å². The third kappa shape index (κ3) is 2.04. The van der Waals surface area contributed by atoms with Crippen LogP contribution in [-0.4, -0.2) is 14.6 Å². The van der Waals surface area contributed by atoms with Crippen LogP contribution in [0, 0.1) is 11.6 Å². The van der Waals surface area contributed by atoms with Crippen molar-refractivity contribution in [3.8, 4) is 11.3 Å². The van der Waals surface area contributed by atoms with Gasteiger partial charge in [-0.05, 0) is 31.2 Å². The summed E-state index contributed by atoms with van der Waals surface area (Å²) in [6.45, 7) is 1.81. The zero-order chi connectivity index (χ0) is 14.3. The average molecular weight is 274 g/mol. The van der Waals surface area contributed by atoms with Crippen molar-refractivity contribution < 1.29 is 8.78 Å². The van der Waals surface area contributed by atoms with Gasteiger partial charge >= 0.3 is 0 Å². The molecular weight excluding hydrogens is 262 g/mol. The number of rotatable bonds is 2. The lowest BCUT2D eigenvalue weighted by atomic mass is 10.0. The van der Waals surface area contributed by atoms with E-state index in [0.717, 1.165) is 17.7 Å². The zero-order valence-corrected chi connectivity index (χ0v) is 10.7. The second-order valence-electron chi connectivity index (χ2n) is 4.60. The molecule has 0 spiro atoms. The molecule has 20 heavy (non-hydrogen) atoms. The first-order valence-electron chi connectivity index (χ1n) is 6.11. The fourth-order valence-electron chi connectivity index (χ4n) is 2.08. The molecule has 1 atom stereocenters. The summed E-state index contributed by atoms with van der Waals surface area (Å²) in [5.41, 5.74) is 8.32. The third-order valence-corrected chi connectivity index (χ3v) is 3.10. The Bertz CT molecular complexity index is 780. The number of fused-ring (bicyclic) bond motifs is 1. The van der Waals surface area contributed by atoms with E-state index < -0.39 is 11.6 Å². The maximum absolute atomic E-state index is 13.4. The molecule has 0 aliphatic rings. The van der Waals surface area contributed by atoms with Crippen LogP contribution in [0.15, 0.2) is 36.7 Å². The van der Waals surface area contributed by atoms with E-state index in [1.165, 1.54) is 6.07 Å². The van der Waals surface area contributed by atoms with Crippen LogP contribution in [0.2, 0.25) is 0 Å². The smallest absolute Gasteiger partial charge is 0.159 e. The summed E-state index contributed by atoms with van der Waals surface area (Å²) in [7, 11) is 0. The Kier molecular flexibility index (Phi) is 2.94. The van der Waals surface area contributed by atoms with Crippen molar-refractivity contribution in [2.24, 2.45) is 5.73 Å². The minimum atomic E-state index is -0.911. The van der Waals surface area contributed by atoms with Crippen LogP contribution in [0.4, 0.5) is 8.78 Å². The number of aromatic nitrogens is 3. The monoisotopic (exact) mass is 274 g/mol. The molecule has 0 bridgehead atoms. The average Bonchev–Trinajstić information content (AvgIpc) is 2.87. The van der Waals surface area contributed by atoms with Gasteiger partial charge in [-0.2, -0.15) is 5.10 Å². The molecule has 0 radical (unpaired) electrons. The summed E-state index contributed by atoms with van der Waals surface area (Å²) in [5, 5.41) is 4.38. The van der Waals surface area contributed by atoms with Crippen molar-refractivity contribution >= 4 is 5.65 Å². The lowest BCUT2D eigenvalue weighted by molar-refractivity contribution is 0.509. The molecule has 0 aliphatic carbocycles. The number of imidazole rings is 1. The van der Waals surface area contributed by atoms with Gasteiger partial charge in [-0.1, -0.05) is 0 Å². The van der Waals surface area contributed by atoms with E-state index in [9.17, 15) is 8.78 Å². The SMILES string of the molecule is C[C@H](N)c1cc2nccn2nc1-c1ccc(F)c(F)c1. The normalized spacial score (nSPS) is 12.8. The van der Waals surface area contributed by atoms with Crippen LogP contribution >= 0.6 is 0 Å². The summed E-state index contributed by atoms with van der Waals surface area (Å²) in [6.07, 6.45) is 3.30. The minimum Gasteiger partial charge on any atom is -0.324 e. The molecule has 3 aromatic rings. The molecule has 2 aromatic heterocycles. The molecule has 0 saturated carbocycles. The van der Waals surface area contributed by atoms with Crippen LogP contribution in [0.1, 0.15) is 18.5 Å². The van der Waals surface area contributed by atoms with Gasteiger partial charge in [0.1, 0.15) is 0 Å². The Morgan fingerprint density at radius 1 is 1.20 bits per heavy atom. The molecule has 6 heteroatoms. The van der Waals surface area contributed by atoms with Crippen LogP contribution in [0.5, 0.6) is 0 Å². The lowest BCUT2D eigenvalue weighted by Crippen LogP contribution is -2.10. The van der Waals surface area contributed by atoms with Gasteiger partial charge in [0.05, 0.1) is 5.69 Å². The lowest BCUT2D eigenvalue weighted by Gasteiger charge is -2.12. The van der Waals surface area contributed by atoms with Crippen LogP contribution in [0.3, 0.4) is 0 Å². The Labute approximate surface area is 113 Å². The van der Waals surface area contributed by atoms with E-state index in [1.54, 1.807) is 29.9 Å². The van der Waals surface area contributed by atoms with E-state index in [0.29, 0.717) is 16.9 Å². The predicted molar refractivity (Wildman–Crippen MR) is 70.9 cm³/mol. The highest BCUT2D eigenvalue weighted by Gasteiger charge is 2.15. The second-order valence-corrected chi connectivity index (χ2v) is 4.60. The van der Waals surface area contributed by atoms with Crippen LogP contribution in [-0.2, 0) is 0 Å². The van der Waals surface area contributed by atoms with Crippen molar-refractivity contribution in [2.75, 3.05) is 0 Å². The fourth-order valence-corrected chi connectivity index (χ4v) is 2.08. The second kappa shape index (κ2) is 4.64. The van der Waals surface area contributed by atoms with E-state index in [2.05, 4.69) is 10.1 Å². The number of hydrogen-bond donors (Lipinski definition) is 1. The van der Waals surface area contributed by atoms with Gasteiger partial charge in [0.25, 0.3) is 0 Å². The van der Waals surface area contributed by atoms with Gasteiger partial charge in [0.2, 0.25) is 0 Å². The Hall–Kier alpha value is -2.34. The van der Waals surface area contributed by atoms with Crippen molar-refractivity contribution in [3.05, 3.63) is 53.9 Å².